The Morgan fingerprint density at radius 3 is 2.29 bits per heavy atom. The molecule has 1 unspecified atom stereocenters. The first kappa shape index (κ1) is 13.1. The number of ketones is 1. The second-order valence-electron chi connectivity index (χ2n) is 5.90. The van der Waals surface area contributed by atoms with Crippen LogP contribution in [0.1, 0.15) is 45.4 Å². The van der Waals surface area contributed by atoms with Crippen LogP contribution in [0.2, 0.25) is 0 Å². The first-order chi connectivity index (χ1) is 7.96. The largest absolute Gasteiger partial charge is 0.299 e. The van der Waals surface area contributed by atoms with Gasteiger partial charge >= 0.3 is 0 Å². The van der Waals surface area contributed by atoms with Gasteiger partial charge in [-0.25, -0.2) is 8.42 Å². The third kappa shape index (κ3) is 3.54. The van der Waals surface area contributed by atoms with Crippen molar-refractivity contribution in [3.05, 3.63) is 0 Å². The van der Waals surface area contributed by atoms with Crippen molar-refractivity contribution in [3.63, 3.8) is 0 Å². The molecule has 1 aliphatic heterocycles. The zero-order valence-electron chi connectivity index (χ0n) is 10.5. The molecule has 0 aromatic rings. The summed E-state index contributed by atoms with van der Waals surface area (Å²) in [6, 6.07) is 0. The molecule has 0 spiro atoms. The quantitative estimate of drug-likeness (QED) is 0.780. The van der Waals surface area contributed by atoms with E-state index in [4.69, 9.17) is 0 Å². The zero-order valence-corrected chi connectivity index (χ0v) is 11.3. The molecule has 0 aromatic carbocycles. The first-order valence-electron chi connectivity index (χ1n) is 6.69. The van der Waals surface area contributed by atoms with Crippen LogP contribution in [0, 0.1) is 17.8 Å². The Morgan fingerprint density at radius 1 is 1.12 bits per heavy atom. The normalized spacial score (nSPS) is 36.9. The summed E-state index contributed by atoms with van der Waals surface area (Å²) in [5, 5.41) is 0. The molecule has 0 radical (unpaired) electrons. The molecule has 2 aliphatic rings. The lowest BCUT2D eigenvalue weighted by atomic mass is 9.79. The zero-order chi connectivity index (χ0) is 12.5. The second kappa shape index (κ2) is 5.09. The minimum Gasteiger partial charge on any atom is -0.299 e. The van der Waals surface area contributed by atoms with E-state index >= 15 is 0 Å². The van der Waals surface area contributed by atoms with Crippen LogP contribution in [-0.4, -0.2) is 25.7 Å². The summed E-state index contributed by atoms with van der Waals surface area (Å²) >= 11 is 0. The van der Waals surface area contributed by atoms with Crippen molar-refractivity contribution in [2.45, 2.75) is 45.4 Å². The Kier molecular flexibility index (Phi) is 3.91. The summed E-state index contributed by atoms with van der Waals surface area (Å²) in [7, 11) is -2.83. The Morgan fingerprint density at radius 2 is 1.76 bits per heavy atom. The number of hydrogen-bond acceptors (Lipinski definition) is 3. The first-order valence-corrected chi connectivity index (χ1v) is 8.51. The molecule has 2 fully saturated rings. The maximum atomic E-state index is 12.1. The monoisotopic (exact) mass is 258 g/mol. The molecule has 1 heterocycles. The van der Waals surface area contributed by atoms with Gasteiger partial charge in [0.15, 0.2) is 9.84 Å². The van der Waals surface area contributed by atoms with Gasteiger partial charge in [0.1, 0.15) is 5.78 Å². The van der Waals surface area contributed by atoms with Crippen LogP contribution in [0.5, 0.6) is 0 Å². The Bertz CT molecular complexity index is 377. The molecular weight excluding hydrogens is 236 g/mol. The van der Waals surface area contributed by atoms with Crippen molar-refractivity contribution >= 4 is 15.6 Å². The fraction of sp³-hybridized carbons (Fsp3) is 0.923. The van der Waals surface area contributed by atoms with Crippen molar-refractivity contribution < 1.29 is 13.2 Å². The Hall–Kier alpha value is -0.380. The van der Waals surface area contributed by atoms with E-state index in [0.29, 0.717) is 18.6 Å². The van der Waals surface area contributed by atoms with Crippen molar-refractivity contribution in [1.29, 1.82) is 0 Å². The maximum Gasteiger partial charge on any atom is 0.150 e. The lowest BCUT2D eigenvalue weighted by Crippen LogP contribution is -2.23. The molecule has 0 amide bonds. The van der Waals surface area contributed by atoms with E-state index in [1.165, 1.54) is 0 Å². The number of sulfone groups is 1. The number of carbonyl (C=O) groups is 1. The fourth-order valence-electron chi connectivity index (χ4n) is 3.07. The molecule has 3 nitrogen and oxygen atoms in total. The van der Waals surface area contributed by atoms with Gasteiger partial charge in [0.05, 0.1) is 11.5 Å². The molecule has 0 aromatic heterocycles. The summed E-state index contributed by atoms with van der Waals surface area (Å²) in [6.45, 7) is 2.24. The van der Waals surface area contributed by atoms with E-state index in [-0.39, 0.29) is 23.3 Å². The molecule has 1 atom stereocenters. The SMILES string of the molecule is CC1CCC(C(=O)CC2CCS(=O)(=O)C2)CC1. The highest BCUT2D eigenvalue weighted by atomic mass is 32.2. The van der Waals surface area contributed by atoms with Gasteiger partial charge in [-0.2, -0.15) is 0 Å². The highest BCUT2D eigenvalue weighted by Crippen LogP contribution is 2.31. The third-order valence-corrected chi connectivity index (χ3v) is 6.12. The summed E-state index contributed by atoms with van der Waals surface area (Å²) in [5.74, 6) is 1.92. The summed E-state index contributed by atoms with van der Waals surface area (Å²) in [4.78, 5) is 12.1. The third-order valence-electron chi connectivity index (χ3n) is 4.29. The van der Waals surface area contributed by atoms with Crippen LogP contribution in [-0.2, 0) is 14.6 Å². The highest BCUT2D eigenvalue weighted by molar-refractivity contribution is 7.91. The van der Waals surface area contributed by atoms with Crippen molar-refractivity contribution in [1.82, 2.24) is 0 Å². The molecule has 0 bridgehead atoms. The molecule has 0 N–H and O–H groups in total. The van der Waals surface area contributed by atoms with Crippen molar-refractivity contribution in [2.75, 3.05) is 11.5 Å². The van der Waals surface area contributed by atoms with Gasteiger partial charge in [0.2, 0.25) is 0 Å². The van der Waals surface area contributed by atoms with Crippen LogP contribution < -0.4 is 0 Å². The van der Waals surface area contributed by atoms with E-state index in [2.05, 4.69) is 6.92 Å². The minimum absolute atomic E-state index is 0.104. The van der Waals surface area contributed by atoms with Gasteiger partial charge in [0, 0.05) is 12.3 Å². The summed E-state index contributed by atoms with van der Waals surface area (Å²) < 4.78 is 22.7. The topological polar surface area (TPSA) is 51.2 Å². The maximum absolute atomic E-state index is 12.1. The van der Waals surface area contributed by atoms with Gasteiger partial charge in [0.25, 0.3) is 0 Å². The van der Waals surface area contributed by atoms with Crippen LogP contribution in [0.4, 0.5) is 0 Å². The fourth-order valence-corrected chi connectivity index (χ4v) is 4.93. The summed E-state index contributed by atoms with van der Waals surface area (Å²) in [5.41, 5.74) is 0. The molecule has 1 saturated carbocycles. The molecule has 4 heteroatoms. The van der Waals surface area contributed by atoms with Crippen LogP contribution in [0.15, 0.2) is 0 Å². The standard InChI is InChI=1S/C13H22O3S/c1-10-2-4-12(5-3-10)13(14)8-11-6-7-17(15,16)9-11/h10-12H,2-9H2,1H3. The Balaban J connectivity index is 1.82. The second-order valence-corrected chi connectivity index (χ2v) is 8.13. The number of carbonyl (C=O) groups excluding carboxylic acids is 1. The van der Waals surface area contributed by atoms with Crippen LogP contribution >= 0.6 is 0 Å². The van der Waals surface area contributed by atoms with Crippen LogP contribution in [0.3, 0.4) is 0 Å². The predicted molar refractivity (Wildman–Crippen MR) is 67.5 cm³/mol. The van der Waals surface area contributed by atoms with E-state index in [0.717, 1.165) is 31.6 Å². The summed E-state index contributed by atoms with van der Waals surface area (Å²) in [6.07, 6.45) is 5.52. The van der Waals surface area contributed by atoms with Crippen LogP contribution in [0.25, 0.3) is 0 Å². The van der Waals surface area contributed by atoms with Crippen molar-refractivity contribution in [2.24, 2.45) is 17.8 Å². The van der Waals surface area contributed by atoms with E-state index in [1.807, 2.05) is 0 Å². The predicted octanol–water partition coefficient (Wildman–Crippen LogP) is 2.21. The number of hydrogen-bond donors (Lipinski definition) is 0. The van der Waals surface area contributed by atoms with Gasteiger partial charge in [-0.15, -0.1) is 0 Å². The van der Waals surface area contributed by atoms with Gasteiger partial charge in [-0.3, -0.25) is 4.79 Å². The van der Waals surface area contributed by atoms with Crippen molar-refractivity contribution in [3.8, 4) is 0 Å². The number of Topliss-reactive ketones (excluding diaryl/α,β-unsaturated/α-hetero) is 1. The van der Waals surface area contributed by atoms with E-state index in [1.54, 1.807) is 0 Å². The Labute approximate surface area is 104 Å². The van der Waals surface area contributed by atoms with E-state index < -0.39 is 9.84 Å². The molecule has 2 rings (SSSR count). The van der Waals surface area contributed by atoms with Gasteiger partial charge in [-0.05, 0) is 31.1 Å². The molecule has 98 valence electrons. The van der Waals surface area contributed by atoms with E-state index in [9.17, 15) is 13.2 Å². The molecule has 17 heavy (non-hydrogen) atoms. The smallest absolute Gasteiger partial charge is 0.150 e. The van der Waals surface area contributed by atoms with Gasteiger partial charge in [-0.1, -0.05) is 19.8 Å². The molecule has 1 aliphatic carbocycles. The average Bonchev–Trinajstić information content (AvgIpc) is 2.59. The van der Waals surface area contributed by atoms with Gasteiger partial charge < -0.3 is 0 Å². The number of rotatable bonds is 3. The lowest BCUT2D eigenvalue weighted by Gasteiger charge is -2.25. The molecular formula is C13H22O3S. The minimum atomic E-state index is -2.83. The molecule has 1 saturated heterocycles. The lowest BCUT2D eigenvalue weighted by molar-refractivity contribution is -0.124. The average molecular weight is 258 g/mol. The highest BCUT2D eigenvalue weighted by Gasteiger charge is 2.32.